The first-order valence-corrected chi connectivity index (χ1v) is 6.01. The standard InChI is InChI=1S/C16H9N3/c1-2-19-16-14-10-6-4-8-12(14)11-7-3-5-9-13(11)15(16)17-18-19/h1,3-10H. The van der Waals surface area contributed by atoms with Crippen LogP contribution in [0.4, 0.5) is 0 Å². The molecule has 3 aromatic carbocycles. The molecule has 0 saturated heterocycles. The quantitative estimate of drug-likeness (QED) is 0.351. The summed E-state index contributed by atoms with van der Waals surface area (Å²) in [5, 5.41) is 12.8. The van der Waals surface area contributed by atoms with Crippen molar-refractivity contribution in [1.82, 2.24) is 15.0 Å². The molecule has 1 heterocycles. The van der Waals surface area contributed by atoms with Crippen molar-refractivity contribution in [1.29, 1.82) is 0 Å². The molecule has 3 nitrogen and oxygen atoms in total. The average molecular weight is 243 g/mol. The highest BCUT2D eigenvalue weighted by atomic mass is 15.4. The predicted octanol–water partition coefficient (Wildman–Crippen LogP) is 3.18. The van der Waals surface area contributed by atoms with Crippen LogP contribution in [0, 0.1) is 12.5 Å². The van der Waals surface area contributed by atoms with Crippen LogP contribution in [-0.2, 0) is 0 Å². The summed E-state index contributed by atoms with van der Waals surface area (Å²) in [4.78, 5) is 0. The maximum Gasteiger partial charge on any atom is 0.122 e. The molecule has 0 aliphatic heterocycles. The van der Waals surface area contributed by atoms with Gasteiger partial charge < -0.3 is 0 Å². The summed E-state index contributed by atoms with van der Waals surface area (Å²) in [5.74, 6) is 0. The zero-order valence-corrected chi connectivity index (χ0v) is 10.0. The Labute approximate surface area is 109 Å². The van der Waals surface area contributed by atoms with Crippen LogP contribution in [-0.4, -0.2) is 15.0 Å². The van der Waals surface area contributed by atoms with Gasteiger partial charge in [0.25, 0.3) is 0 Å². The summed E-state index contributed by atoms with van der Waals surface area (Å²) >= 11 is 0. The summed E-state index contributed by atoms with van der Waals surface area (Å²) in [7, 11) is 0. The number of rotatable bonds is 0. The van der Waals surface area contributed by atoms with Gasteiger partial charge in [0.2, 0.25) is 0 Å². The van der Waals surface area contributed by atoms with Gasteiger partial charge in [0.05, 0.1) is 0 Å². The van der Waals surface area contributed by atoms with Crippen molar-refractivity contribution < 1.29 is 0 Å². The second-order valence-corrected chi connectivity index (χ2v) is 4.42. The topological polar surface area (TPSA) is 30.7 Å². The van der Waals surface area contributed by atoms with Crippen LogP contribution < -0.4 is 0 Å². The van der Waals surface area contributed by atoms with Crippen molar-refractivity contribution in [3.8, 4) is 12.5 Å². The van der Waals surface area contributed by atoms with E-state index in [2.05, 4.69) is 40.6 Å². The smallest absolute Gasteiger partial charge is 0.122 e. The molecule has 0 aliphatic carbocycles. The molecule has 3 heteroatoms. The highest BCUT2D eigenvalue weighted by Gasteiger charge is 2.12. The fraction of sp³-hybridized carbons (Fsp3) is 0. The lowest BCUT2D eigenvalue weighted by Crippen LogP contribution is -1.91. The van der Waals surface area contributed by atoms with Crippen molar-refractivity contribution in [2.24, 2.45) is 0 Å². The number of nitrogens with zero attached hydrogens (tertiary/aromatic N) is 3. The van der Waals surface area contributed by atoms with E-state index in [9.17, 15) is 0 Å². The Bertz CT molecular complexity index is 974. The maximum atomic E-state index is 5.51. The molecule has 0 saturated carbocycles. The van der Waals surface area contributed by atoms with Crippen LogP contribution >= 0.6 is 0 Å². The molecule has 0 N–H and O–H groups in total. The van der Waals surface area contributed by atoms with Crippen molar-refractivity contribution >= 4 is 32.6 Å². The van der Waals surface area contributed by atoms with Crippen LogP contribution in [0.15, 0.2) is 48.5 Å². The second kappa shape index (κ2) is 3.56. The Morgan fingerprint density at radius 1 is 0.842 bits per heavy atom. The van der Waals surface area contributed by atoms with Gasteiger partial charge in [-0.15, -0.1) is 5.10 Å². The molecule has 0 fully saturated rings. The van der Waals surface area contributed by atoms with Gasteiger partial charge in [-0.1, -0.05) is 60.2 Å². The van der Waals surface area contributed by atoms with Gasteiger partial charge in [-0.3, -0.25) is 0 Å². The molecule has 0 radical (unpaired) electrons. The Morgan fingerprint density at radius 3 is 2.11 bits per heavy atom. The Morgan fingerprint density at radius 2 is 1.42 bits per heavy atom. The number of hydrogen-bond acceptors (Lipinski definition) is 2. The summed E-state index contributed by atoms with van der Waals surface area (Å²) in [6.45, 7) is 0. The van der Waals surface area contributed by atoms with E-state index in [1.165, 1.54) is 15.5 Å². The molecule has 0 aliphatic rings. The van der Waals surface area contributed by atoms with E-state index in [0.717, 1.165) is 21.8 Å². The molecule has 1 aromatic heterocycles. The third-order valence-electron chi connectivity index (χ3n) is 3.45. The Balaban J connectivity index is 2.46. The second-order valence-electron chi connectivity index (χ2n) is 4.42. The van der Waals surface area contributed by atoms with Gasteiger partial charge in [0, 0.05) is 16.8 Å². The highest BCUT2D eigenvalue weighted by Crippen LogP contribution is 2.33. The molecule has 0 unspecified atom stereocenters. The molecule has 88 valence electrons. The normalized spacial score (nSPS) is 11.1. The van der Waals surface area contributed by atoms with Gasteiger partial charge in [-0.25, -0.2) is 0 Å². The first-order chi connectivity index (χ1) is 9.40. The van der Waals surface area contributed by atoms with Crippen molar-refractivity contribution in [3.63, 3.8) is 0 Å². The predicted molar refractivity (Wildman–Crippen MR) is 76.8 cm³/mol. The molecular formula is C16H9N3. The average Bonchev–Trinajstić information content (AvgIpc) is 2.92. The van der Waals surface area contributed by atoms with Gasteiger partial charge in [-0.2, -0.15) is 4.68 Å². The largest absolute Gasteiger partial charge is 0.168 e. The molecule has 0 spiro atoms. The maximum absolute atomic E-state index is 5.51. The molecule has 0 atom stereocenters. The van der Waals surface area contributed by atoms with E-state index in [0.29, 0.717) is 0 Å². The minimum Gasteiger partial charge on any atom is -0.168 e. The zero-order chi connectivity index (χ0) is 12.8. The molecule has 0 amide bonds. The fourth-order valence-electron chi connectivity index (χ4n) is 2.64. The molecule has 19 heavy (non-hydrogen) atoms. The molecular weight excluding hydrogens is 234 g/mol. The van der Waals surface area contributed by atoms with Crippen LogP contribution in [0.5, 0.6) is 0 Å². The van der Waals surface area contributed by atoms with Gasteiger partial charge in [-0.05, 0) is 10.8 Å². The highest BCUT2D eigenvalue weighted by molar-refractivity contribution is 6.23. The van der Waals surface area contributed by atoms with Gasteiger partial charge in [0.15, 0.2) is 0 Å². The third-order valence-corrected chi connectivity index (χ3v) is 3.45. The van der Waals surface area contributed by atoms with Crippen LogP contribution in [0.2, 0.25) is 0 Å². The number of benzene rings is 3. The minimum absolute atomic E-state index is 0.854. The van der Waals surface area contributed by atoms with Crippen LogP contribution in [0.1, 0.15) is 0 Å². The summed E-state index contributed by atoms with van der Waals surface area (Å²) < 4.78 is 1.50. The Kier molecular flexibility index (Phi) is 1.89. The number of hydrogen-bond donors (Lipinski definition) is 0. The lowest BCUT2D eigenvalue weighted by molar-refractivity contribution is 0.851. The van der Waals surface area contributed by atoms with E-state index in [1.807, 2.05) is 24.3 Å². The lowest BCUT2D eigenvalue weighted by atomic mass is 10.00. The summed E-state index contributed by atoms with van der Waals surface area (Å²) in [5.41, 5.74) is 1.75. The van der Waals surface area contributed by atoms with E-state index < -0.39 is 0 Å². The van der Waals surface area contributed by atoms with Crippen molar-refractivity contribution in [2.75, 3.05) is 0 Å². The van der Waals surface area contributed by atoms with E-state index >= 15 is 0 Å². The Hall–Kier alpha value is -2.86. The number of terminal acetylenes is 1. The van der Waals surface area contributed by atoms with Crippen molar-refractivity contribution in [3.05, 3.63) is 48.5 Å². The van der Waals surface area contributed by atoms with Gasteiger partial charge >= 0.3 is 0 Å². The van der Waals surface area contributed by atoms with Crippen LogP contribution in [0.3, 0.4) is 0 Å². The van der Waals surface area contributed by atoms with Crippen LogP contribution in [0.25, 0.3) is 32.6 Å². The molecule has 4 rings (SSSR count). The first-order valence-electron chi connectivity index (χ1n) is 6.01. The minimum atomic E-state index is 0.854. The van der Waals surface area contributed by atoms with Crippen molar-refractivity contribution in [2.45, 2.75) is 0 Å². The number of fused-ring (bicyclic) bond motifs is 6. The monoisotopic (exact) mass is 243 g/mol. The van der Waals surface area contributed by atoms with E-state index in [-0.39, 0.29) is 0 Å². The zero-order valence-electron chi connectivity index (χ0n) is 10.0. The molecule has 4 aromatic rings. The number of aromatic nitrogens is 3. The van der Waals surface area contributed by atoms with Gasteiger partial charge in [0.1, 0.15) is 11.0 Å². The summed E-state index contributed by atoms with van der Waals surface area (Å²) in [6.07, 6.45) is 5.51. The fourth-order valence-corrected chi connectivity index (χ4v) is 2.64. The lowest BCUT2D eigenvalue weighted by Gasteiger charge is -2.05. The summed E-state index contributed by atoms with van der Waals surface area (Å²) in [6, 6.07) is 18.9. The SMILES string of the molecule is C#Cn1nnc2c3ccccc3c3ccccc3c21. The first kappa shape index (κ1) is 10.1. The third kappa shape index (κ3) is 1.23. The van der Waals surface area contributed by atoms with E-state index in [4.69, 9.17) is 6.42 Å². The van der Waals surface area contributed by atoms with E-state index in [1.54, 1.807) is 0 Å². The molecule has 0 bridgehead atoms.